The first-order valence-electron chi connectivity index (χ1n) is 5.35. The number of nitrogens with zero attached hydrogens (tertiary/aromatic N) is 1. The van der Waals surface area contributed by atoms with Crippen molar-refractivity contribution in [2.45, 2.75) is 30.8 Å². The van der Waals surface area contributed by atoms with E-state index in [4.69, 9.17) is 6.57 Å². The molecular formula is C13H11BrF3NO. The highest BCUT2D eigenvalue weighted by atomic mass is 79.9. The van der Waals surface area contributed by atoms with Gasteiger partial charge in [-0.3, -0.25) is 4.79 Å². The van der Waals surface area contributed by atoms with Crippen LogP contribution in [0.1, 0.15) is 25.0 Å². The summed E-state index contributed by atoms with van der Waals surface area (Å²) in [5.74, 6) is -0.226. The quantitative estimate of drug-likeness (QED) is 0.587. The van der Waals surface area contributed by atoms with E-state index in [-0.39, 0.29) is 17.8 Å². The van der Waals surface area contributed by atoms with E-state index in [1.165, 1.54) is 6.07 Å². The molecule has 0 aliphatic carbocycles. The van der Waals surface area contributed by atoms with Crippen molar-refractivity contribution in [3.8, 4) is 0 Å². The lowest BCUT2D eigenvalue weighted by molar-refractivity contribution is -0.137. The number of hydrogen-bond donors (Lipinski definition) is 0. The Bertz CT molecular complexity index is 538. The van der Waals surface area contributed by atoms with Crippen LogP contribution in [-0.4, -0.2) is 10.1 Å². The second-order valence-corrected chi connectivity index (χ2v) is 6.52. The number of rotatable bonds is 3. The molecule has 0 saturated heterocycles. The highest BCUT2D eigenvalue weighted by molar-refractivity contribution is 9.10. The summed E-state index contributed by atoms with van der Waals surface area (Å²) >= 11 is 3.17. The molecule has 2 nitrogen and oxygen atoms in total. The Morgan fingerprint density at radius 2 is 1.95 bits per heavy atom. The maximum Gasteiger partial charge on any atom is 0.407 e. The minimum Gasteiger partial charge on any atom is -0.298 e. The number of carbonyl (C=O) groups excluding carboxylic acids is 1. The SMILES string of the molecule is [C-]#[N+]c1ccc(CC(=O)C(C)(C)Br)cc1C(F)(F)F. The van der Waals surface area contributed by atoms with Gasteiger partial charge < -0.3 is 0 Å². The fraction of sp³-hybridized carbons (Fsp3) is 0.385. The van der Waals surface area contributed by atoms with Crippen molar-refractivity contribution in [2.24, 2.45) is 0 Å². The van der Waals surface area contributed by atoms with Crippen molar-refractivity contribution in [2.75, 3.05) is 0 Å². The zero-order valence-corrected chi connectivity index (χ0v) is 11.9. The Kier molecular flexibility index (Phi) is 4.41. The lowest BCUT2D eigenvalue weighted by atomic mass is 9.98. The number of benzene rings is 1. The largest absolute Gasteiger partial charge is 0.407 e. The van der Waals surface area contributed by atoms with Gasteiger partial charge in [0, 0.05) is 6.42 Å². The molecular weight excluding hydrogens is 323 g/mol. The van der Waals surface area contributed by atoms with Gasteiger partial charge in [0.2, 0.25) is 0 Å². The fourth-order valence-corrected chi connectivity index (χ4v) is 1.55. The molecule has 0 spiro atoms. The molecule has 19 heavy (non-hydrogen) atoms. The van der Waals surface area contributed by atoms with E-state index in [9.17, 15) is 18.0 Å². The normalized spacial score (nSPS) is 12.1. The van der Waals surface area contributed by atoms with Crippen LogP contribution in [0.2, 0.25) is 0 Å². The van der Waals surface area contributed by atoms with Crippen LogP contribution in [-0.2, 0) is 17.4 Å². The van der Waals surface area contributed by atoms with Gasteiger partial charge in [0.25, 0.3) is 0 Å². The molecule has 0 heterocycles. The minimum atomic E-state index is -4.59. The standard InChI is InChI=1S/C13H11BrF3NO/c1-12(2,14)11(19)7-8-4-5-10(18-3)9(6-8)13(15,16)17/h4-6H,7H2,1-2H3. The third-order valence-electron chi connectivity index (χ3n) is 2.51. The highest BCUT2D eigenvalue weighted by Crippen LogP contribution is 2.37. The molecule has 0 fully saturated rings. The Hall–Kier alpha value is -1.35. The minimum absolute atomic E-state index is 0.111. The van der Waals surface area contributed by atoms with Gasteiger partial charge in [0.15, 0.2) is 11.5 Å². The molecule has 0 aliphatic rings. The number of carbonyl (C=O) groups is 1. The van der Waals surface area contributed by atoms with Crippen molar-refractivity contribution in [3.05, 3.63) is 40.7 Å². The molecule has 102 valence electrons. The van der Waals surface area contributed by atoms with Crippen molar-refractivity contribution < 1.29 is 18.0 Å². The van der Waals surface area contributed by atoms with Crippen LogP contribution in [0.4, 0.5) is 18.9 Å². The fourth-order valence-electron chi connectivity index (χ4n) is 1.41. The summed E-state index contributed by atoms with van der Waals surface area (Å²) in [6.45, 7) is 9.99. The maximum atomic E-state index is 12.7. The van der Waals surface area contributed by atoms with Crippen molar-refractivity contribution in [1.29, 1.82) is 0 Å². The summed E-state index contributed by atoms with van der Waals surface area (Å²) in [5.41, 5.74) is -1.21. The Labute approximate surface area is 117 Å². The van der Waals surface area contributed by atoms with Gasteiger partial charge in [0.1, 0.15) is 0 Å². The van der Waals surface area contributed by atoms with Crippen LogP contribution in [0.15, 0.2) is 18.2 Å². The zero-order chi connectivity index (χ0) is 14.8. The third kappa shape index (κ3) is 4.06. The molecule has 0 N–H and O–H groups in total. The molecule has 6 heteroatoms. The van der Waals surface area contributed by atoms with Gasteiger partial charge >= 0.3 is 6.18 Å². The summed E-state index contributed by atoms with van der Waals surface area (Å²) in [5, 5.41) is 0. The van der Waals surface area contributed by atoms with Crippen LogP contribution >= 0.6 is 15.9 Å². The highest BCUT2D eigenvalue weighted by Gasteiger charge is 2.34. The molecule has 0 aromatic heterocycles. The second kappa shape index (κ2) is 5.33. The van der Waals surface area contributed by atoms with E-state index in [0.717, 1.165) is 12.1 Å². The van der Waals surface area contributed by atoms with Crippen molar-refractivity contribution >= 4 is 27.4 Å². The zero-order valence-electron chi connectivity index (χ0n) is 10.3. The molecule has 0 saturated carbocycles. The van der Waals surface area contributed by atoms with Gasteiger partial charge in [-0.15, -0.1) is 0 Å². The van der Waals surface area contributed by atoms with E-state index < -0.39 is 21.8 Å². The van der Waals surface area contributed by atoms with Crippen LogP contribution in [0.5, 0.6) is 0 Å². The third-order valence-corrected chi connectivity index (χ3v) is 2.96. The number of halogens is 4. The van der Waals surface area contributed by atoms with Gasteiger partial charge in [-0.1, -0.05) is 34.1 Å². The number of Topliss-reactive ketones (excluding diaryl/α,β-unsaturated/α-hetero) is 1. The Morgan fingerprint density at radius 1 is 1.37 bits per heavy atom. The summed E-state index contributed by atoms with van der Waals surface area (Å²) < 4.78 is 37.5. The molecule has 1 rings (SSSR count). The lowest BCUT2D eigenvalue weighted by Gasteiger charge is -2.15. The van der Waals surface area contributed by atoms with Gasteiger partial charge in [-0.05, 0) is 19.4 Å². The first-order valence-corrected chi connectivity index (χ1v) is 6.15. The van der Waals surface area contributed by atoms with E-state index in [0.29, 0.717) is 0 Å². The van der Waals surface area contributed by atoms with Crippen LogP contribution in [0.25, 0.3) is 4.85 Å². The van der Waals surface area contributed by atoms with E-state index in [2.05, 4.69) is 20.8 Å². The van der Waals surface area contributed by atoms with E-state index >= 15 is 0 Å². The molecule has 0 amide bonds. The van der Waals surface area contributed by atoms with E-state index in [1.807, 2.05) is 0 Å². The topological polar surface area (TPSA) is 21.4 Å². The van der Waals surface area contributed by atoms with Crippen molar-refractivity contribution in [3.63, 3.8) is 0 Å². The summed E-state index contributed by atoms with van der Waals surface area (Å²) in [4.78, 5) is 14.6. The first kappa shape index (κ1) is 15.7. The van der Waals surface area contributed by atoms with Gasteiger partial charge in [0.05, 0.1) is 16.5 Å². The van der Waals surface area contributed by atoms with Gasteiger partial charge in [-0.2, -0.15) is 13.2 Å². The molecule has 1 aromatic carbocycles. The van der Waals surface area contributed by atoms with E-state index in [1.54, 1.807) is 13.8 Å². The second-order valence-electron chi connectivity index (χ2n) is 4.53. The molecule has 0 unspecified atom stereocenters. The van der Waals surface area contributed by atoms with Gasteiger partial charge in [-0.25, -0.2) is 4.85 Å². The molecule has 0 atom stereocenters. The summed E-state index contributed by atoms with van der Waals surface area (Å²) in [6, 6.07) is 3.34. The average Bonchev–Trinajstić information content (AvgIpc) is 2.26. The number of hydrogen-bond acceptors (Lipinski definition) is 1. The Balaban J connectivity index is 3.14. The first-order chi connectivity index (χ1) is 8.55. The predicted molar refractivity (Wildman–Crippen MR) is 69.4 cm³/mol. The van der Waals surface area contributed by atoms with Crippen molar-refractivity contribution in [1.82, 2.24) is 0 Å². The number of ketones is 1. The summed E-state index contributed by atoms with van der Waals surface area (Å²) in [7, 11) is 0. The molecule has 0 radical (unpaired) electrons. The van der Waals surface area contributed by atoms with Crippen LogP contribution < -0.4 is 0 Å². The predicted octanol–water partition coefficient (Wildman–Crippen LogP) is 4.54. The summed E-state index contributed by atoms with van der Waals surface area (Å²) in [6.07, 6.45) is -4.71. The van der Waals surface area contributed by atoms with Crippen LogP contribution in [0, 0.1) is 6.57 Å². The maximum absolute atomic E-state index is 12.7. The molecule has 0 bridgehead atoms. The average molecular weight is 334 g/mol. The smallest absolute Gasteiger partial charge is 0.298 e. The Morgan fingerprint density at radius 3 is 2.37 bits per heavy atom. The number of alkyl halides is 4. The molecule has 0 aliphatic heterocycles. The molecule has 1 aromatic rings. The lowest BCUT2D eigenvalue weighted by Crippen LogP contribution is -2.25. The van der Waals surface area contributed by atoms with Crippen LogP contribution in [0.3, 0.4) is 0 Å². The monoisotopic (exact) mass is 333 g/mol.